The van der Waals surface area contributed by atoms with Crippen molar-refractivity contribution in [3.8, 4) is 5.75 Å². The number of nitrogens with one attached hydrogen (secondary N) is 2. The number of hydrogen-bond donors (Lipinski definition) is 2. The molecular weight excluding hydrogens is 400 g/mol. The predicted octanol–water partition coefficient (Wildman–Crippen LogP) is 3.51. The van der Waals surface area contributed by atoms with E-state index in [1.807, 2.05) is 37.3 Å². The molecule has 0 aromatic heterocycles. The van der Waals surface area contributed by atoms with Gasteiger partial charge < -0.3 is 10.1 Å². The molecule has 0 fully saturated rings. The van der Waals surface area contributed by atoms with Gasteiger partial charge in [0.25, 0.3) is 0 Å². The summed E-state index contributed by atoms with van der Waals surface area (Å²) in [5.41, 5.74) is 2.66. The number of hydrogen-bond acceptors (Lipinski definition) is 4. The summed E-state index contributed by atoms with van der Waals surface area (Å²) in [4.78, 5) is 12.3. The Bertz CT molecular complexity index is 925. The third kappa shape index (κ3) is 7.80. The van der Waals surface area contributed by atoms with Crippen LogP contribution in [-0.4, -0.2) is 34.0 Å². The van der Waals surface area contributed by atoms with Crippen LogP contribution in [0.15, 0.2) is 47.4 Å². The maximum absolute atomic E-state index is 12.4. The highest BCUT2D eigenvalue weighted by Crippen LogP contribution is 2.16. The van der Waals surface area contributed by atoms with Gasteiger partial charge in [0.15, 0.2) is 0 Å². The summed E-state index contributed by atoms with van der Waals surface area (Å²) in [6, 6.07) is 13.1. The molecule has 30 heavy (non-hydrogen) atoms. The summed E-state index contributed by atoms with van der Waals surface area (Å²) < 4.78 is 33.0. The molecule has 0 atom stereocenters. The Labute approximate surface area is 180 Å². The van der Waals surface area contributed by atoms with Gasteiger partial charge in [0.1, 0.15) is 5.75 Å². The largest absolute Gasteiger partial charge is 0.494 e. The number of sulfonamides is 1. The lowest BCUT2D eigenvalue weighted by atomic mass is 10.1. The molecule has 1 amide bonds. The topological polar surface area (TPSA) is 84.5 Å². The Morgan fingerprint density at radius 1 is 1.03 bits per heavy atom. The zero-order chi connectivity index (χ0) is 22.0. The van der Waals surface area contributed by atoms with E-state index in [0.29, 0.717) is 18.5 Å². The fraction of sp³-hybridized carbons (Fsp3) is 0.435. The summed E-state index contributed by atoms with van der Waals surface area (Å²) in [7, 11) is -3.63. The Kier molecular flexibility index (Phi) is 9.33. The number of carbonyl (C=O) groups is 1. The molecule has 0 aliphatic carbocycles. The van der Waals surface area contributed by atoms with Gasteiger partial charge in [-0.25, -0.2) is 13.1 Å². The smallest absolute Gasteiger partial charge is 0.240 e. The van der Waals surface area contributed by atoms with Crippen LogP contribution in [0.3, 0.4) is 0 Å². The number of amides is 1. The van der Waals surface area contributed by atoms with Gasteiger partial charge in [0.2, 0.25) is 15.9 Å². The molecule has 0 bridgehead atoms. The van der Waals surface area contributed by atoms with E-state index in [4.69, 9.17) is 4.74 Å². The van der Waals surface area contributed by atoms with Crippen LogP contribution in [0.5, 0.6) is 5.75 Å². The van der Waals surface area contributed by atoms with E-state index in [9.17, 15) is 13.2 Å². The van der Waals surface area contributed by atoms with E-state index < -0.39 is 10.0 Å². The molecule has 0 saturated carbocycles. The van der Waals surface area contributed by atoms with E-state index in [2.05, 4.69) is 17.0 Å². The summed E-state index contributed by atoms with van der Waals surface area (Å²) in [5.74, 6) is 0.672. The fourth-order valence-electron chi connectivity index (χ4n) is 2.89. The molecule has 164 valence electrons. The van der Waals surface area contributed by atoms with Crippen molar-refractivity contribution < 1.29 is 17.9 Å². The number of ether oxygens (including phenoxy) is 1. The van der Waals surface area contributed by atoms with Crippen LogP contribution >= 0.6 is 0 Å². The first-order valence-corrected chi connectivity index (χ1v) is 11.9. The van der Waals surface area contributed by atoms with Crippen molar-refractivity contribution in [1.29, 1.82) is 0 Å². The molecule has 2 aromatic carbocycles. The minimum absolute atomic E-state index is 0.0609. The molecule has 0 saturated heterocycles. The van der Waals surface area contributed by atoms with Gasteiger partial charge in [-0.2, -0.15) is 0 Å². The van der Waals surface area contributed by atoms with Crippen molar-refractivity contribution in [2.24, 2.45) is 0 Å². The van der Waals surface area contributed by atoms with Crippen molar-refractivity contribution in [2.45, 2.75) is 51.3 Å². The van der Waals surface area contributed by atoms with Crippen LogP contribution in [0.1, 0.15) is 42.9 Å². The second-order valence-electron chi connectivity index (χ2n) is 7.36. The van der Waals surface area contributed by atoms with Crippen LogP contribution in [0.4, 0.5) is 0 Å². The summed E-state index contributed by atoms with van der Waals surface area (Å²) in [6.45, 7) is 7.01. The first-order chi connectivity index (χ1) is 14.3. The van der Waals surface area contributed by atoms with Gasteiger partial charge in [0, 0.05) is 19.5 Å². The monoisotopic (exact) mass is 432 g/mol. The van der Waals surface area contributed by atoms with Crippen molar-refractivity contribution in [3.05, 3.63) is 59.2 Å². The van der Waals surface area contributed by atoms with Crippen LogP contribution in [-0.2, 0) is 21.2 Å². The molecule has 2 rings (SSSR count). The van der Waals surface area contributed by atoms with Crippen molar-refractivity contribution in [2.75, 3.05) is 19.7 Å². The molecule has 0 aliphatic rings. The molecule has 0 radical (unpaired) electrons. The van der Waals surface area contributed by atoms with Crippen LogP contribution in [0.2, 0.25) is 0 Å². The molecular formula is C23H32N2O4S. The number of unbranched alkanes of at least 4 members (excludes halogenated alkanes) is 1. The van der Waals surface area contributed by atoms with Crippen LogP contribution < -0.4 is 14.8 Å². The standard InChI is InChI=1S/C23H32N2O4S/c1-4-5-16-29-21-10-8-20(9-11-21)12-14-24-23(26)13-15-25-30(27,28)22-17-18(2)6-7-19(22)3/h6-11,17,25H,4-5,12-16H2,1-3H3,(H,24,26). The van der Waals surface area contributed by atoms with Gasteiger partial charge in [0.05, 0.1) is 11.5 Å². The number of rotatable bonds is 12. The quantitative estimate of drug-likeness (QED) is 0.503. The summed E-state index contributed by atoms with van der Waals surface area (Å²) >= 11 is 0. The molecule has 6 nitrogen and oxygen atoms in total. The van der Waals surface area contributed by atoms with Gasteiger partial charge in [-0.15, -0.1) is 0 Å². The van der Waals surface area contributed by atoms with Crippen LogP contribution in [0.25, 0.3) is 0 Å². The Morgan fingerprint density at radius 3 is 2.47 bits per heavy atom. The van der Waals surface area contributed by atoms with E-state index >= 15 is 0 Å². The average Bonchev–Trinajstić information content (AvgIpc) is 2.71. The maximum atomic E-state index is 12.4. The summed E-state index contributed by atoms with van der Waals surface area (Å²) in [6.07, 6.45) is 2.93. The lowest BCUT2D eigenvalue weighted by molar-refractivity contribution is -0.120. The predicted molar refractivity (Wildman–Crippen MR) is 119 cm³/mol. The van der Waals surface area contributed by atoms with Crippen molar-refractivity contribution >= 4 is 15.9 Å². The minimum Gasteiger partial charge on any atom is -0.494 e. The van der Waals surface area contributed by atoms with Gasteiger partial charge in [-0.05, 0) is 61.6 Å². The second kappa shape index (κ2) is 11.7. The van der Waals surface area contributed by atoms with E-state index in [-0.39, 0.29) is 23.8 Å². The van der Waals surface area contributed by atoms with Crippen molar-refractivity contribution in [3.63, 3.8) is 0 Å². The minimum atomic E-state index is -3.63. The van der Waals surface area contributed by atoms with E-state index in [0.717, 1.165) is 36.3 Å². The zero-order valence-corrected chi connectivity index (χ0v) is 18.8. The molecule has 7 heteroatoms. The highest BCUT2D eigenvalue weighted by Gasteiger charge is 2.16. The first-order valence-electron chi connectivity index (χ1n) is 10.4. The molecule has 2 aromatic rings. The zero-order valence-electron chi connectivity index (χ0n) is 18.0. The van der Waals surface area contributed by atoms with Crippen molar-refractivity contribution in [1.82, 2.24) is 10.0 Å². The Morgan fingerprint density at radius 2 is 1.77 bits per heavy atom. The number of benzene rings is 2. The molecule has 0 aliphatic heterocycles. The molecule has 2 N–H and O–H groups in total. The number of aryl methyl sites for hydroxylation is 2. The fourth-order valence-corrected chi connectivity index (χ4v) is 4.25. The van der Waals surface area contributed by atoms with Gasteiger partial charge in [-0.3, -0.25) is 4.79 Å². The average molecular weight is 433 g/mol. The third-order valence-electron chi connectivity index (χ3n) is 4.70. The lowest BCUT2D eigenvalue weighted by Crippen LogP contribution is -2.32. The van der Waals surface area contributed by atoms with Crippen LogP contribution in [0, 0.1) is 13.8 Å². The first kappa shape index (κ1) is 23.9. The molecule has 0 heterocycles. The van der Waals surface area contributed by atoms with E-state index in [1.165, 1.54) is 0 Å². The normalized spacial score (nSPS) is 11.3. The summed E-state index contributed by atoms with van der Waals surface area (Å²) in [5, 5.41) is 2.83. The second-order valence-corrected chi connectivity index (χ2v) is 9.10. The van der Waals surface area contributed by atoms with E-state index in [1.54, 1.807) is 19.1 Å². The SMILES string of the molecule is CCCCOc1ccc(CCNC(=O)CCNS(=O)(=O)c2cc(C)ccc2C)cc1. The molecule has 0 spiro atoms. The lowest BCUT2D eigenvalue weighted by Gasteiger charge is -2.10. The highest BCUT2D eigenvalue weighted by atomic mass is 32.2. The maximum Gasteiger partial charge on any atom is 0.240 e. The Balaban J connectivity index is 1.70. The highest BCUT2D eigenvalue weighted by molar-refractivity contribution is 7.89. The number of carbonyl (C=O) groups excluding carboxylic acids is 1. The van der Waals surface area contributed by atoms with Gasteiger partial charge >= 0.3 is 0 Å². The molecule has 0 unspecified atom stereocenters. The third-order valence-corrected chi connectivity index (χ3v) is 6.31. The Hall–Kier alpha value is -2.38. The van der Waals surface area contributed by atoms with Gasteiger partial charge in [-0.1, -0.05) is 37.6 Å².